The van der Waals surface area contributed by atoms with Crippen LogP contribution < -0.4 is 0 Å². The fourth-order valence-electron chi connectivity index (χ4n) is 1.79. The molecule has 2 aliphatic rings. The van der Waals surface area contributed by atoms with E-state index in [0.717, 1.165) is 25.4 Å². The molecular weight excluding hydrogens is 443 g/mol. The average molecular weight is 466 g/mol. The molecule has 2 N–H and O–H groups in total. The van der Waals surface area contributed by atoms with E-state index >= 15 is 0 Å². The maximum atomic E-state index is 10.0. The molecule has 0 aliphatic heterocycles. The van der Waals surface area contributed by atoms with Crippen molar-refractivity contribution in [1.29, 1.82) is 0 Å². The van der Waals surface area contributed by atoms with Gasteiger partial charge in [0.05, 0.1) is 0 Å². The molecule has 0 fully saturated rings. The predicted octanol–water partition coefficient (Wildman–Crippen LogP) is 5.02. The van der Waals surface area contributed by atoms with E-state index in [-0.39, 0.29) is 37.7 Å². The number of allylic oxidation sites excluding steroid dienone is 8. The summed E-state index contributed by atoms with van der Waals surface area (Å²) in [5, 5.41) is 17.5. The van der Waals surface area contributed by atoms with Gasteiger partial charge >= 0.3 is 26.2 Å². The summed E-state index contributed by atoms with van der Waals surface area (Å²) in [5.41, 5.74) is 1.15. The van der Waals surface area contributed by atoms with Gasteiger partial charge < -0.3 is 10.2 Å². The first-order chi connectivity index (χ1) is 13.7. The fourth-order valence-corrected chi connectivity index (χ4v) is 1.79. The smallest absolute Gasteiger partial charge is 0.508 e. The molecule has 5 heteroatoms. The Morgan fingerprint density at radius 3 is 1.17 bits per heavy atom. The maximum Gasteiger partial charge on any atom is 2.00 e. The standard InChI is InChI=1S/2C7H6O2.2C5H5.Zr/c2*8-5-6-1-3-7(9)4-2-6;2*1-2-4-5-3-1;/h2*1-5,9H;2*1-3H,4H2;/q;;2*-1;+2. The second kappa shape index (κ2) is 17.3. The van der Waals surface area contributed by atoms with Crippen molar-refractivity contribution in [1.82, 2.24) is 0 Å². The van der Waals surface area contributed by atoms with Crippen molar-refractivity contribution in [2.75, 3.05) is 0 Å². The molecule has 4 nitrogen and oxygen atoms in total. The Hall–Kier alpha value is -2.78. The van der Waals surface area contributed by atoms with Gasteiger partial charge in [-0.05, 0) is 48.5 Å². The Morgan fingerprint density at radius 1 is 0.655 bits per heavy atom. The van der Waals surface area contributed by atoms with E-state index in [0.29, 0.717) is 11.1 Å². The quantitative estimate of drug-likeness (QED) is 0.482. The van der Waals surface area contributed by atoms with Crippen LogP contribution in [0.1, 0.15) is 33.6 Å². The van der Waals surface area contributed by atoms with Gasteiger partial charge in [-0.3, -0.25) is 21.7 Å². The molecule has 0 aromatic heterocycles. The van der Waals surface area contributed by atoms with Crippen LogP contribution in [0, 0.1) is 12.2 Å². The Balaban J connectivity index is 0.000000369. The van der Waals surface area contributed by atoms with Crippen LogP contribution in [0.25, 0.3) is 0 Å². The summed E-state index contributed by atoms with van der Waals surface area (Å²) >= 11 is 0. The summed E-state index contributed by atoms with van der Waals surface area (Å²) in [6.07, 6.45) is 21.5. The number of phenolic OH excluding ortho intramolecular Hbond substituents is 2. The van der Waals surface area contributed by atoms with Crippen LogP contribution in [0.15, 0.2) is 85.0 Å². The van der Waals surface area contributed by atoms with Crippen LogP contribution in [0.5, 0.6) is 11.5 Å². The molecule has 0 heterocycles. The largest absolute Gasteiger partial charge is 2.00 e. The number of hydrogen-bond donors (Lipinski definition) is 2. The van der Waals surface area contributed by atoms with Crippen molar-refractivity contribution in [3.8, 4) is 11.5 Å². The fraction of sp³-hybridized carbons (Fsp3) is 0.0833. The number of carbonyl (C=O) groups excluding carboxylic acids is 2. The normalized spacial score (nSPS) is 11.6. The summed E-state index contributed by atoms with van der Waals surface area (Å²) in [6.45, 7) is 0. The van der Waals surface area contributed by atoms with Crippen molar-refractivity contribution < 1.29 is 46.0 Å². The van der Waals surface area contributed by atoms with E-state index in [4.69, 9.17) is 10.2 Å². The zero-order chi connectivity index (χ0) is 20.5. The molecule has 0 saturated heterocycles. The minimum Gasteiger partial charge on any atom is -0.508 e. The molecule has 2 aliphatic carbocycles. The van der Waals surface area contributed by atoms with Gasteiger partial charge in [-0.1, -0.05) is 0 Å². The third kappa shape index (κ3) is 14.0. The number of hydrogen-bond acceptors (Lipinski definition) is 4. The zero-order valence-corrected chi connectivity index (χ0v) is 18.3. The Morgan fingerprint density at radius 2 is 1.00 bits per heavy atom. The van der Waals surface area contributed by atoms with E-state index in [1.165, 1.54) is 24.3 Å². The molecule has 2 aromatic carbocycles. The van der Waals surface area contributed by atoms with Gasteiger partial charge in [0.2, 0.25) is 0 Å². The van der Waals surface area contributed by atoms with E-state index in [9.17, 15) is 9.59 Å². The van der Waals surface area contributed by atoms with Crippen molar-refractivity contribution >= 4 is 12.6 Å². The first kappa shape index (κ1) is 26.2. The third-order valence-corrected chi connectivity index (χ3v) is 3.23. The topological polar surface area (TPSA) is 74.6 Å². The first-order valence-corrected chi connectivity index (χ1v) is 8.57. The number of benzene rings is 2. The molecule has 0 unspecified atom stereocenters. The molecule has 29 heavy (non-hydrogen) atoms. The molecule has 2 aromatic rings. The number of aromatic hydroxyl groups is 2. The molecule has 0 atom stereocenters. The number of phenols is 2. The van der Waals surface area contributed by atoms with Gasteiger partial charge in [0, 0.05) is 11.1 Å². The summed E-state index contributed by atoms with van der Waals surface area (Å²) in [7, 11) is 0. The molecule has 0 bridgehead atoms. The predicted molar refractivity (Wildman–Crippen MR) is 110 cm³/mol. The molecule has 0 spiro atoms. The number of carbonyl (C=O) groups is 2. The summed E-state index contributed by atoms with van der Waals surface area (Å²) < 4.78 is 0. The van der Waals surface area contributed by atoms with E-state index in [1.54, 1.807) is 24.3 Å². The van der Waals surface area contributed by atoms with E-state index < -0.39 is 0 Å². The molecule has 4 rings (SSSR count). The molecular formula is C24H22O4Zr. The Kier molecular flexibility index (Phi) is 15.7. The van der Waals surface area contributed by atoms with Crippen LogP contribution in [-0.2, 0) is 26.2 Å². The molecule has 0 radical (unpaired) electrons. The molecule has 0 amide bonds. The van der Waals surface area contributed by atoms with Gasteiger partial charge in [0.1, 0.15) is 24.1 Å². The monoisotopic (exact) mass is 464 g/mol. The van der Waals surface area contributed by atoms with Crippen molar-refractivity contribution in [3.05, 3.63) is 108 Å². The zero-order valence-electron chi connectivity index (χ0n) is 15.9. The van der Waals surface area contributed by atoms with E-state index in [2.05, 4.69) is 24.3 Å². The SMILES string of the molecule is O=Cc1ccc(O)cc1.O=Cc1ccc(O)cc1.[C-]1=CC=CC1.[C-]1=CC=CC1.[Zr+2]. The summed E-state index contributed by atoms with van der Waals surface area (Å²) in [5.74, 6) is 0.362. The van der Waals surface area contributed by atoms with Crippen LogP contribution in [0.3, 0.4) is 0 Å². The van der Waals surface area contributed by atoms with Crippen LogP contribution in [-0.4, -0.2) is 22.8 Å². The molecule has 0 saturated carbocycles. The Labute approximate surface area is 190 Å². The van der Waals surface area contributed by atoms with Crippen LogP contribution >= 0.6 is 0 Å². The summed E-state index contributed by atoms with van der Waals surface area (Å²) in [6, 6.07) is 12.1. The second-order valence-electron chi connectivity index (χ2n) is 5.42. The van der Waals surface area contributed by atoms with Crippen molar-refractivity contribution in [2.24, 2.45) is 0 Å². The minimum atomic E-state index is 0. The summed E-state index contributed by atoms with van der Waals surface area (Å²) in [4.78, 5) is 20.1. The van der Waals surface area contributed by atoms with Crippen LogP contribution in [0.2, 0.25) is 0 Å². The van der Waals surface area contributed by atoms with Crippen molar-refractivity contribution in [2.45, 2.75) is 12.8 Å². The average Bonchev–Trinajstić information content (AvgIpc) is 3.48. The van der Waals surface area contributed by atoms with Gasteiger partial charge in [0.25, 0.3) is 0 Å². The number of aldehydes is 2. The van der Waals surface area contributed by atoms with E-state index in [1.807, 2.05) is 24.3 Å². The first-order valence-electron chi connectivity index (χ1n) is 8.57. The van der Waals surface area contributed by atoms with Crippen molar-refractivity contribution in [3.63, 3.8) is 0 Å². The molecule has 146 valence electrons. The van der Waals surface area contributed by atoms with Gasteiger partial charge in [-0.2, -0.15) is 12.2 Å². The third-order valence-electron chi connectivity index (χ3n) is 3.23. The van der Waals surface area contributed by atoms with Gasteiger partial charge in [-0.15, -0.1) is 12.8 Å². The number of rotatable bonds is 2. The van der Waals surface area contributed by atoms with Gasteiger partial charge in [-0.25, -0.2) is 24.3 Å². The van der Waals surface area contributed by atoms with Crippen LogP contribution in [0.4, 0.5) is 0 Å². The van der Waals surface area contributed by atoms with Gasteiger partial charge in [0.15, 0.2) is 0 Å². The second-order valence-corrected chi connectivity index (χ2v) is 5.42. The maximum absolute atomic E-state index is 10.0. The minimum absolute atomic E-state index is 0. The Bertz CT molecular complexity index is 725.